The third-order valence-corrected chi connectivity index (χ3v) is 29.5. The molecule has 0 radical (unpaired) electrons. The maximum absolute atomic E-state index is 7.63. The molecular formula is C48H50O3SiSn. The fraction of sp³-hybridized carbons (Fsp3) is 0.208. The van der Waals surface area contributed by atoms with E-state index in [9.17, 15) is 0 Å². The molecular weight excluding hydrogens is 771 g/mol. The first-order valence-corrected chi connectivity index (χ1v) is 26.3. The van der Waals surface area contributed by atoms with Crippen LogP contribution in [0.5, 0.6) is 0 Å². The molecule has 7 rings (SSSR count). The van der Waals surface area contributed by atoms with Crippen molar-refractivity contribution in [2.24, 2.45) is 0 Å². The summed E-state index contributed by atoms with van der Waals surface area (Å²) in [6.07, 6.45) is 1.68. The molecule has 6 aromatic rings. The number of rotatable bonds is 11. The van der Waals surface area contributed by atoms with E-state index in [-0.39, 0.29) is 17.2 Å². The first-order chi connectivity index (χ1) is 25.6. The summed E-state index contributed by atoms with van der Waals surface area (Å²) < 4.78 is 27.3. The van der Waals surface area contributed by atoms with Crippen LogP contribution in [0.4, 0.5) is 0 Å². The average molecular weight is 822 g/mol. The molecule has 1 heterocycles. The van der Waals surface area contributed by atoms with Gasteiger partial charge in [-0.05, 0) is 0 Å². The van der Waals surface area contributed by atoms with Crippen molar-refractivity contribution >= 4 is 53.9 Å². The van der Waals surface area contributed by atoms with E-state index in [1.807, 2.05) is 13.8 Å². The van der Waals surface area contributed by atoms with Crippen LogP contribution < -0.4 is 21.1 Å². The van der Waals surface area contributed by atoms with Gasteiger partial charge in [-0.2, -0.15) is 0 Å². The molecule has 1 aliphatic heterocycles. The Morgan fingerprint density at radius 2 is 0.962 bits per heavy atom. The van der Waals surface area contributed by atoms with Crippen LogP contribution in [0.3, 0.4) is 0 Å². The van der Waals surface area contributed by atoms with E-state index < -0.39 is 32.5 Å². The van der Waals surface area contributed by atoms with Crippen LogP contribution in [0.25, 0.3) is 6.08 Å². The molecule has 1 saturated heterocycles. The summed E-state index contributed by atoms with van der Waals surface area (Å²) >= 11 is -4.21. The van der Waals surface area contributed by atoms with Gasteiger partial charge in [-0.15, -0.1) is 0 Å². The summed E-state index contributed by atoms with van der Waals surface area (Å²) in [7, 11) is -2.88. The number of ether oxygens (including phenoxy) is 2. The summed E-state index contributed by atoms with van der Waals surface area (Å²) in [5.41, 5.74) is 1.14. The molecule has 0 aliphatic carbocycles. The van der Waals surface area contributed by atoms with Crippen molar-refractivity contribution in [2.75, 3.05) is 6.61 Å². The van der Waals surface area contributed by atoms with Crippen LogP contribution >= 0.6 is 0 Å². The molecule has 1 fully saturated rings. The zero-order valence-electron chi connectivity index (χ0n) is 31.5. The molecule has 0 unspecified atom stereocenters. The van der Waals surface area contributed by atoms with Gasteiger partial charge in [0.15, 0.2) is 0 Å². The minimum absolute atomic E-state index is 0.177. The topological polar surface area (TPSA) is 27.7 Å². The van der Waals surface area contributed by atoms with Gasteiger partial charge in [-0.1, -0.05) is 0 Å². The van der Waals surface area contributed by atoms with Gasteiger partial charge in [0.25, 0.3) is 0 Å². The minimum atomic E-state index is -4.21. The Hall–Kier alpha value is -4.04. The van der Waals surface area contributed by atoms with E-state index in [1.54, 1.807) is 0 Å². The van der Waals surface area contributed by atoms with Gasteiger partial charge in [0.05, 0.1) is 0 Å². The molecule has 53 heavy (non-hydrogen) atoms. The van der Waals surface area contributed by atoms with Crippen LogP contribution in [-0.4, -0.2) is 51.3 Å². The molecule has 6 aromatic carbocycles. The average Bonchev–Trinajstić information content (AvgIpc) is 3.50. The quantitative estimate of drug-likeness (QED) is 0.125. The molecule has 0 N–H and O–H groups in total. The molecule has 0 amide bonds. The van der Waals surface area contributed by atoms with Gasteiger partial charge in [-0.25, -0.2) is 0 Å². The molecule has 0 spiro atoms. The number of hydrogen-bond acceptors (Lipinski definition) is 3. The third kappa shape index (κ3) is 7.40. The van der Waals surface area contributed by atoms with Gasteiger partial charge in [-0.3, -0.25) is 0 Å². The second-order valence-electron chi connectivity index (χ2n) is 15.4. The predicted molar refractivity (Wildman–Crippen MR) is 226 cm³/mol. The van der Waals surface area contributed by atoms with Crippen molar-refractivity contribution in [3.8, 4) is 0 Å². The number of benzene rings is 6. The van der Waals surface area contributed by atoms with Gasteiger partial charge in [0, 0.05) is 0 Å². The van der Waals surface area contributed by atoms with Gasteiger partial charge < -0.3 is 0 Å². The van der Waals surface area contributed by atoms with Gasteiger partial charge in [0.1, 0.15) is 0 Å². The van der Waals surface area contributed by atoms with Crippen molar-refractivity contribution in [1.29, 1.82) is 0 Å². The molecule has 268 valence electrons. The third-order valence-electron chi connectivity index (χ3n) is 10.5. The van der Waals surface area contributed by atoms with Crippen LogP contribution in [-0.2, 0) is 13.9 Å². The monoisotopic (exact) mass is 822 g/mol. The van der Waals surface area contributed by atoms with E-state index in [4.69, 9.17) is 13.9 Å². The standard InChI is InChI=1S/C30H35O3Si.3C6H5.Sn/c1-29(2,3)34(25-17-11-7-12-18-25,26-19-13-8-14-20-26)31-23-28-27(32-30(4,5)33-28)22-21-24-15-9-6-10-16-24;3*1-2-4-6-5-3-1;/h6-21,27-28H,23H2,1-5H3;3*1-5H;/t27-,28-;;;;/m0..../s1. The summed E-state index contributed by atoms with van der Waals surface area (Å²) in [6, 6.07) is 66.0. The Balaban J connectivity index is 1.46. The Morgan fingerprint density at radius 3 is 1.36 bits per heavy atom. The molecule has 0 saturated carbocycles. The van der Waals surface area contributed by atoms with Crippen molar-refractivity contribution in [1.82, 2.24) is 0 Å². The van der Waals surface area contributed by atoms with Crippen molar-refractivity contribution in [3.05, 3.63) is 191 Å². The second kappa shape index (κ2) is 15.7. The summed E-state index contributed by atoms with van der Waals surface area (Å²) in [5.74, 6) is -0.832. The van der Waals surface area contributed by atoms with Crippen molar-refractivity contribution < 1.29 is 13.9 Å². The molecule has 3 nitrogen and oxygen atoms in total. The van der Waals surface area contributed by atoms with E-state index in [0.717, 1.165) is 5.56 Å². The van der Waals surface area contributed by atoms with Crippen LogP contribution in [0, 0.1) is 0 Å². The predicted octanol–water partition coefficient (Wildman–Crippen LogP) is 7.88. The summed E-state index contributed by atoms with van der Waals surface area (Å²) in [5, 5.41) is 2.32. The molecule has 1 aliphatic rings. The Bertz CT molecular complexity index is 1950. The molecule has 5 heteroatoms. The van der Waals surface area contributed by atoms with Crippen LogP contribution in [0.2, 0.25) is 5.04 Å². The molecule has 2 atom stereocenters. The van der Waals surface area contributed by atoms with Crippen molar-refractivity contribution in [3.63, 3.8) is 0 Å². The fourth-order valence-corrected chi connectivity index (χ4v) is 27.6. The van der Waals surface area contributed by atoms with E-state index in [1.165, 1.54) is 24.7 Å². The zero-order valence-corrected chi connectivity index (χ0v) is 35.3. The fourth-order valence-electron chi connectivity index (χ4n) is 8.39. The summed E-state index contributed by atoms with van der Waals surface area (Å²) in [4.78, 5) is 0. The molecule has 0 aromatic heterocycles. The normalized spacial score (nSPS) is 17.8. The first-order valence-electron chi connectivity index (χ1n) is 18.7. The van der Waals surface area contributed by atoms with E-state index >= 15 is 0 Å². The molecule has 0 bridgehead atoms. The van der Waals surface area contributed by atoms with Gasteiger partial charge in [0.2, 0.25) is 0 Å². The van der Waals surface area contributed by atoms with Gasteiger partial charge >= 0.3 is 323 Å². The Kier molecular flexibility index (Phi) is 11.1. The number of hydrogen-bond donors (Lipinski definition) is 0. The van der Waals surface area contributed by atoms with E-state index in [2.05, 4.69) is 209 Å². The van der Waals surface area contributed by atoms with Crippen molar-refractivity contribution in [2.45, 2.75) is 57.7 Å². The van der Waals surface area contributed by atoms with E-state index in [0.29, 0.717) is 6.61 Å². The second-order valence-corrected chi connectivity index (χ2v) is 30.6. The van der Waals surface area contributed by atoms with Crippen LogP contribution in [0.15, 0.2) is 186 Å². The summed E-state index contributed by atoms with van der Waals surface area (Å²) in [6.45, 7) is 11.5. The maximum atomic E-state index is 7.63. The Morgan fingerprint density at radius 1 is 0.585 bits per heavy atom. The zero-order chi connectivity index (χ0) is 36.9. The first kappa shape index (κ1) is 37.3. The SMILES string of the molecule is CC1(C)O[C@@H](CO[Si](c2ccccc2)(c2ccccc2)C(C)(C)C)[C@H](/[C](=C/c2ccccc2)[Sn]([c]2ccccc2)([c]2ccccc2)[c]2ccccc2)O1. The van der Waals surface area contributed by atoms with Crippen LogP contribution in [0.1, 0.15) is 40.2 Å². The Labute approximate surface area is 321 Å².